The van der Waals surface area contributed by atoms with Crippen LogP contribution in [0.5, 0.6) is 0 Å². The van der Waals surface area contributed by atoms with Gasteiger partial charge in [-0.3, -0.25) is 4.72 Å². The summed E-state index contributed by atoms with van der Waals surface area (Å²) in [5, 5.41) is 5.53. The van der Waals surface area contributed by atoms with Crippen molar-refractivity contribution >= 4 is 37.7 Å². The number of hydrogen-bond donors (Lipinski definition) is 1. The first kappa shape index (κ1) is 17.2. The molecule has 0 spiro atoms. The Labute approximate surface area is 154 Å². The number of benzene rings is 1. The van der Waals surface area contributed by atoms with Gasteiger partial charge in [-0.05, 0) is 44.2 Å². The van der Waals surface area contributed by atoms with Gasteiger partial charge in [0.05, 0.1) is 23.0 Å². The van der Waals surface area contributed by atoms with Gasteiger partial charge in [0.1, 0.15) is 5.58 Å². The fourth-order valence-electron chi connectivity index (χ4n) is 2.80. The molecule has 0 atom stereocenters. The molecule has 27 heavy (non-hydrogen) atoms. The summed E-state index contributed by atoms with van der Waals surface area (Å²) >= 11 is 0. The van der Waals surface area contributed by atoms with Crippen LogP contribution < -0.4 is 10.3 Å². The Morgan fingerprint density at radius 2 is 1.89 bits per heavy atom. The van der Waals surface area contributed by atoms with Crippen LogP contribution in [0.25, 0.3) is 22.0 Å². The zero-order chi connectivity index (χ0) is 19.2. The van der Waals surface area contributed by atoms with E-state index in [1.165, 1.54) is 36.5 Å². The normalized spacial score (nSPS) is 12.1. The number of nitrogens with one attached hydrogen (secondary N) is 1. The van der Waals surface area contributed by atoms with Crippen molar-refractivity contribution in [2.75, 3.05) is 4.72 Å². The minimum atomic E-state index is -3.83. The number of sulfonamides is 1. The van der Waals surface area contributed by atoms with Crippen molar-refractivity contribution < 1.29 is 12.8 Å². The van der Waals surface area contributed by atoms with Gasteiger partial charge in [0, 0.05) is 22.9 Å². The summed E-state index contributed by atoms with van der Waals surface area (Å²) < 4.78 is 34.7. The molecule has 0 radical (unpaired) electrons. The lowest BCUT2D eigenvalue weighted by atomic mass is 10.2. The molecule has 9 heteroatoms. The van der Waals surface area contributed by atoms with Gasteiger partial charge in [0.25, 0.3) is 10.0 Å². The van der Waals surface area contributed by atoms with E-state index in [9.17, 15) is 13.2 Å². The lowest BCUT2D eigenvalue weighted by molar-refractivity contribution is 0.546. The molecule has 3 aromatic heterocycles. The van der Waals surface area contributed by atoms with Gasteiger partial charge in [0.2, 0.25) is 0 Å². The van der Waals surface area contributed by atoms with Crippen molar-refractivity contribution in [1.29, 1.82) is 0 Å². The maximum atomic E-state index is 12.7. The molecule has 0 saturated heterocycles. The zero-order valence-corrected chi connectivity index (χ0v) is 15.4. The predicted molar refractivity (Wildman–Crippen MR) is 101 cm³/mol. The Hall–Kier alpha value is -3.20. The third-order valence-corrected chi connectivity index (χ3v) is 5.45. The maximum Gasteiger partial charge on any atom is 0.336 e. The van der Waals surface area contributed by atoms with Gasteiger partial charge >= 0.3 is 5.63 Å². The van der Waals surface area contributed by atoms with Crippen molar-refractivity contribution in [2.24, 2.45) is 0 Å². The van der Waals surface area contributed by atoms with Crippen LogP contribution >= 0.6 is 0 Å². The van der Waals surface area contributed by atoms with E-state index in [4.69, 9.17) is 4.42 Å². The molecule has 0 bridgehead atoms. The summed E-state index contributed by atoms with van der Waals surface area (Å²) in [5.74, 6) is 0. The first-order valence-electron chi connectivity index (χ1n) is 8.23. The molecule has 0 saturated carbocycles. The number of hydrogen-bond acceptors (Lipinski definition) is 6. The Kier molecular flexibility index (Phi) is 3.96. The average Bonchev–Trinajstić information content (AvgIpc) is 3.04. The molecule has 1 N–H and O–H groups in total. The molecule has 138 valence electrons. The lowest BCUT2D eigenvalue weighted by Gasteiger charge is -2.09. The Morgan fingerprint density at radius 1 is 1.07 bits per heavy atom. The molecule has 0 amide bonds. The van der Waals surface area contributed by atoms with Crippen molar-refractivity contribution in [3.05, 3.63) is 59.2 Å². The second-order valence-corrected chi connectivity index (χ2v) is 8.06. The molecule has 1 aromatic carbocycles. The molecule has 0 aliphatic heterocycles. The van der Waals surface area contributed by atoms with Gasteiger partial charge in [-0.15, -0.1) is 0 Å². The van der Waals surface area contributed by atoms with Crippen LogP contribution in [-0.2, 0) is 10.0 Å². The van der Waals surface area contributed by atoms with E-state index >= 15 is 0 Å². The quantitative estimate of drug-likeness (QED) is 0.542. The molecule has 4 rings (SSSR count). The predicted octanol–water partition coefficient (Wildman–Crippen LogP) is 2.92. The Morgan fingerprint density at radius 3 is 2.67 bits per heavy atom. The standard InChI is InChI=1S/C18H16N4O4S/c1-11(2)22-18-13(9-20-22)7-14(10-19-18)21-27(24,25)15-4-5-16-12(8-15)3-6-17(23)26-16/h3-11,21H,1-2H3. The van der Waals surface area contributed by atoms with Gasteiger partial charge in [-0.25, -0.2) is 22.9 Å². The fourth-order valence-corrected chi connectivity index (χ4v) is 3.87. The number of nitrogens with zero attached hydrogens (tertiary/aromatic N) is 3. The SMILES string of the molecule is CC(C)n1ncc2cc(NS(=O)(=O)c3ccc4oc(=O)ccc4c3)cnc21. The Balaban J connectivity index is 1.69. The van der Waals surface area contributed by atoms with Gasteiger partial charge in [0.15, 0.2) is 5.65 Å². The van der Waals surface area contributed by atoms with Crippen molar-refractivity contribution in [3.8, 4) is 0 Å². The third-order valence-electron chi connectivity index (χ3n) is 4.08. The number of anilines is 1. The van der Waals surface area contributed by atoms with Gasteiger partial charge in [-0.1, -0.05) is 0 Å². The molecular weight excluding hydrogens is 368 g/mol. The van der Waals surface area contributed by atoms with E-state index in [-0.39, 0.29) is 10.9 Å². The summed E-state index contributed by atoms with van der Waals surface area (Å²) in [7, 11) is -3.83. The van der Waals surface area contributed by atoms with Gasteiger partial charge < -0.3 is 4.42 Å². The van der Waals surface area contributed by atoms with E-state index in [1.807, 2.05) is 13.8 Å². The summed E-state index contributed by atoms with van der Waals surface area (Å²) in [4.78, 5) is 15.6. The van der Waals surface area contributed by atoms with E-state index in [1.54, 1.807) is 16.9 Å². The highest BCUT2D eigenvalue weighted by molar-refractivity contribution is 7.92. The van der Waals surface area contributed by atoms with E-state index in [2.05, 4.69) is 14.8 Å². The van der Waals surface area contributed by atoms with Crippen LogP contribution in [0.2, 0.25) is 0 Å². The molecule has 4 aromatic rings. The molecular formula is C18H16N4O4S. The van der Waals surface area contributed by atoms with Crippen molar-refractivity contribution in [1.82, 2.24) is 14.8 Å². The van der Waals surface area contributed by atoms with Crippen LogP contribution in [0, 0.1) is 0 Å². The highest BCUT2D eigenvalue weighted by Crippen LogP contribution is 2.23. The highest BCUT2D eigenvalue weighted by atomic mass is 32.2. The summed E-state index contributed by atoms with van der Waals surface area (Å²) in [6.07, 6.45) is 3.11. The second kappa shape index (κ2) is 6.20. The summed E-state index contributed by atoms with van der Waals surface area (Å²) in [5.41, 5.74) is 0.863. The minimum Gasteiger partial charge on any atom is -0.423 e. The van der Waals surface area contributed by atoms with Crippen LogP contribution in [-0.4, -0.2) is 23.2 Å². The van der Waals surface area contributed by atoms with Crippen molar-refractivity contribution in [3.63, 3.8) is 0 Å². The van der Waals surface area contributed by atoms with Crippen LogP contribution in [0.1, 0.15) is 19.9 Å². The largest absolute Gasteiger partial charge is 0.423 e. The monoisotopic (exact) mass is 384 g/mol. The van der Waals surface area contributed by atoms with Crippen LogP contribution in [0.3, 0.4) is 0 Å². The lowest BCUT2D eigenvalue weighted by Crippen LogP contribution is -2.13. The topological polar surface area (TPSA) is 107 Å². The molecule has 3 heterocycles. The second-order valence-electron chi connectivity index (χ2n) is 6.38. The first-order valence-corrected chi connectivity index (χ1v) is 9.72. The molecule has 0 aliphatic rings. The van der Waals surface area contributed by atoms with E-state index in [0.29, 0.717) is 22.3 Å². The van der Waals surface area contributed by atoms with E-state index in [0.717, 1.165) is 5.39 Å². The smallest absolute Gasteiger partial charge is 0.336 e. The highest BCUT2D eigenvalue weighted by Gasteiger charge is 2.16. The third kappa shape index (κ3) is 3.17. The molecule has 0 unspecified atom stereocenters. The first-order chi connectivity index (χ1) is 12.8. The summed E-state index contributed by atoms with van der Waals surface area (Å²) in [6.45, 7) is 3.99. The maximum absolute atomic E-state index is 12.7. The molecule has 0 aliphatic carbocycles. The number of rotatable bonds is 4. The van der Waals surface area contributed by atoms with Crippen LogP contribution in [0.4, 0.5) is 5.69 Å². The summed E-state index contributed by atoms with van der Waals surface area (Å²) in [6, 6.07) is 8.89. The minimum absolute atomic E-state index is 0.0572. The average molecular weight is 384 g/mol. The van der Waals surface area contributed by atoms with Crippen molar-refractivity contribution in [2.45, 2.75) is 24.8 Å². The van der Waals surface area contributed by atoms with Gasteiger partial charge in [-0.2, -0.15) is 5.10 Å². The molecule has 8 nitrogen and oxygen atoms in total. The molecule has 0 fully saturated rings. The van der Waals surface area contributed by atoms with Crippen LogP contribution in [0.15, 0.2) is 62.9 Å². The van der Waals surface area contributed by atoms with E-state index < -0.39 is 15.6 Å². The fraction of sp³-hybridized carbons (Fsp3) is 0.167. The number of aromatic nitrogens is 3. The zero-order valence-electron chi connectivity index (χ0n) is 14.6. The number of pyridine rings is 1. The number of fused-ring (bicyclic) bond motifs is 2. The Bertz CT molecular complexity index is 1320.